The van der Waals surface area contributed by atoms with Crippen LogP contribution in [-0.4, -0.2) is 56.4 Å². The van der Waals surface area contributed by atoms with Crippen LogP contribution in [0.4, 0.5) is 0 Å². The van der Waals surface area contributed by atoms with Crippen LogP contribution in [0.3, 0.4) is 0 Å². The highest BCUT2D eigenvalue weighted by atomic mass is 16.5. The fourth-order valence-electron chi connectivity index (χ4n) is 2.06. The quantitative estimate of drug-likeness (QED) is 0.674. The van der Waals surface area contributed by atoms with Gasteiger partial charge in [-0.05, 0) is 70.7 Å². The number of ether oxygens (including phenoxy) is 1. The SMILES string of the molecule is Cc1cc(C)cc(OCC(O)CNCCCN(C)C)c1. The van der Waals surface area contributed by atoms with Crippen LogP contribution in [0.5, 0.6) is 5.75 Å². The second-order valence-corrected chi connectivity index (χ2v) is 5.65. The second kappa shape index (κ2) is 8.95. The van der Waals surface area contributed by atoms with Crippen LogP contribution in [0.2, 0.25) is 0 Å². The number of nitrogens with zero attached hydrogens (tertiary/aromatic N) is 1. The Balaban J connectivity index is 2.17. The molecule has 0 aliphatic carbocycles. The molecule has 1 unspecified atom stereocenters. The first-order valence-corrected chi connectivity index (χ1v) is 7.22. The third kappa shape index (κ3) is 7.48. The molecular formula is C16H28N2O2. The molecule has 1 aromatic carbocycles. The largest absolute Gasteiger partial charge is 0.491 e. The van der Waals surface area contributed by atoms with Crippen LogP contribution in [0, 0.1) is 13.8 Å². The molecule has 0 aliphatic rings. The summed E-state index contributed by atoms with van der Waals surface area (Å²) in [5.41, 5.74) is 2.35. The monoisotopic (exact) mass is 280 g/mol. The zero-order chi connectivity index (χ0) is 15.0. The molecule has 0 spiro atoms. The van der Waals surface area contributed by atoms with E-state index in [0.29, 0.717) is 13.2 Å². The van der Waals surface area contributed by atoms with Gasteiger partial charge in [0.05, 0.1) is 0 Å². The van der Waals surface area contributed by atoms with Crippen LogP contribution in [0.1, 0.15) is 17.5 Å². The standard InChI is InChI=1S/C16H28N2O2/c1-13-8-14(2)10-16(9-13)20-12-15(19)11-17-6-5-7-18(3)4/h8-10,15,17,19H,5-7,11-12H2,1-4H3. The Kier molecular flexibility index (Phi) is 7.59. The van der Waals surface area contributed by atoms with E-state index in [-0.39, 0.29) is 0 Å². The molecule has 0 amide bonds. The summed E-state index contributed by atoms with van der Waals surface area (Å²) in [6, 6.07) is 6.09. The van der Waals surface area contributed by atoms with Gasteiger partial charge >= 0.3 is 0 Å². The predicted molar refractivity (Wildman–Crippen MR) is 83.5 cm³/mol. The number of rotatable bonds is 9. The van der Waals surface area contributed by atoms with E-state index in [4.69, 9.17) is 4.74 Å². The maximum absolute atomic E-state index is 9.86. The van der Waals surface area contributed by atoms with Gasteiger partial charge in [0.15, 0.2) is 0 Å². The van der Waals surface area contributed by atoms with Crippen molar-refractivity contribution in [3.05, 3.63) is 29.3 Å². The summed E-state index contributed by atoms with van der Waals surface area (Å²) in [5.74, 6) is 0.828. The van der Waals surface area contributed by atoms with Crippen molar-refractivity contribution in [3.8, 4) is 5.75 Å². The van der Waals surface area contributed by atoms with Crippen LogP contribution in [0.25, 0.3) is 0 Å². The normalized spacial score (nSPS) is 12.7. The van der Waals surface area contributed by atoms with Crippen LogP contribution in [0.15, 0.2) is 18.2 Å². The fourth-order valence-corrected chi connectivity index (χ4v) is 2.06. The van der Waals surface area contributed by atoms with Crippen molar-refractivity contribution in [1.29, 1.82) is 0 Å². The molecule has 4 nitrogen and oxygen atoms in total. The number of aliphatic hydroxyl groups excluding tert-OH is 1. The number of benzene rings is 1. The highest BCUT2D eigenvalue weighted by Crippen LogP contribution is 2.16. The van der Waals surface area contributed by atoms with E-state index in [1.165, 1.54) is 11.1 Å². The van der Waals surface area contributed by atoms with Gasteiger partial charge in [-0.3, -0.25) is 0 Å². The minimum Gasteiger partial charge on any atom is -0.491 e. The Hall–Kier alpha value is -1.10. The van der Waals surface area contributed by atoms with Crippen molar-refractivity contribution >= 4 is 0 Å². The third-order valence-electron chi connectivity index (χ3n) is 2.98. The number of hydrogen-bond acceptors (Lipinski definition) is 4. The Labute approximate surface area is 122 Å². The van der Waals surface area contributed by atoms with E-state index in [0.717, 1.165) is 25.3 Å². The Morgan fingerprint density at radius 3 is 2.45 bits per heavy atom. The zero-order valence-electron chi connectivity index (χ0n) is 13.1. The third-order valence-corrected chi connectivity index (χ3v) is 2.98. The fraction of sp³-hybridized carbons (Fsp3) is 0.625. The van der Waals surface area contributed by atoms with Gasteiger partial charge in [-0.1, -0.05) is 6.07 Å². The first-order chi connectivity index (χ1) is 9.47. The molecule has 114 valence electrons. The van der Waals surface area contributed by atoms with Gasteiger partial charge in [0.25, 0.3) is 0 Å². The molecule has 0 saturated carbocycles. The summed E-state index contributed by atoms with van der Waals surface area (Å²) >= 11 is 0. The summed E-state index contributed by atoms with van der Waals surface area (Å²) < 4.78 is 5.63. The summed E-state index contributed by atoms with van der Waals surface area (Å²) in [6.07, 6.45) is 0.604. The van der Waals surface area contributed by atoms with E-state index >= 15 is 0 Å². The van der Waals surface area contributed by atoms with Crippen LogP contribution >= 0.6 is 0 Å². The van der Waals surface area contributed by atoms with E-state index in [1.807, 2.05) is 26.0 Å². The molecule has 1 atom stereocenters. The summed E-state index contributed by atoms with van der Waals surface area (Å²) in [6.45, 7) is 6.95. The molecule has 0 heterocycles. The smallest absolute Gasteiger partial charge is 0.119 e. The molecule has 0 fully saturated rings. The minimum absolute atomic E-state index is 0.323. The topological polar surface area (TPSA) is 44.7 Å². The highest BCUT2D eigenvalue weighted by Gasteiger charge is 2.05. The molecule has 0 bridgehead atoms. The van der Waals surface area contributed by atoms with Gasteiger partial charge in [0.2, 0.25) is 0 Å². The minimum atomic E-state index is -0.477. The average Bonchev–Trinajstić information content (AvgIpc) is 2.34. The summed E-state index contributed by atoms with van der Waals surface area (Å²) in [7, 11) is 4.12. The number of aliphatic hydroxyl groups is 1. The average molecular weight is 280 g/mol. The van der Waals surface area contributed by atoms with Gasteiger partial charge in [-0.2, -0.15) is 0 Å². The maximum atomic E-state index is 9.86. The number of hydrogen-bond donors (Lipinski definition) is 2. The maximum Gasteiger partial charge on any atom is 0.119 e. The molecule has 2 N–H and O–H groups in total. The molecule has 1 aromatic rings. The number of nitrogens with one attached hydrogen (secondary N) is 1. The summed E-state index contributed by atoms with van der Waals surface area (Å²) in [5, 5.41) is 13.1. The number of aryl methyl sites for hydroxylation is 2. The molecule has 0 aliphatic heterocycles. The molecule has 4 heteroatoms. The van der Waals surface area contributed by atoms with E-state index < -0.39 is 6.10 Å². The zero-order valence-corrected chi connectivity index (χ0v) is 13.1. The first-order valence-electron chi connectivity index (χ1n) is 7.22. The predicted octanol–water partition coefficient (Wildman–Crippen LogP) is 1.58. The molecule has 0 saturated heterocycles. The van der Waals surface area contributed by atoms with Gasteiger partial charge in [-0.15, -0.1) is 0 Å². The van der Waals surface area contributed by atoms with Crippen molar-refractivity contribution in [3.63, 3.8) is 0 Å². The van der Waals surface area contributed by atoms with Crippen molar-refractivity contribution in [1.82, 2.24) is 10.2 Å². The second-order valence-electron chi connectivity index (χ2n) is 5.65. The molecule has 0 aromatic heterocycles. The van der Waals surface area contributed by atoms with E-state index in [1.54, 1.807) is 0 Å². The lowest BCUT2D eigenvalue weighted by atomic mass is 10.1. The lowest BCUT2D eigenvalue weighted by Crippen LogP contribution is -2.32. The Morgan fingerprint density at radius 1 is 1.20 bits per heavy atom. The Morgan fingerprint density at radius 2 is 1.85 bits per heavy atom. The lowest BCUT2D eigenvalue weighted by Gasteiger charge is -2.15. The van der Waals surface area contributed by atoms with Crippen molar-refractivity contribution in [2.45, 2.75) is 26.4 Å². The lowest BCUT2D eigenvalue weighted by molar-refractivity contribution is 0.106. The first kappa shape index (κ1) is 17.0. The van der Waals surface area contributed by atoms with E-state index in [2.05, 4.69) is 30.4 Å². The molecular weight excluding hydrogens is 252 g/mol. The van der Waals surface area contributed by atoms with Crippen molar-refractivity contribution in [2.24, 2.45) is 0 Å². The van der Waals surface area contributed by atoms with E-state index in [9.17, 15) is 5.11 Å². The van der Waals surface area contributed by atoms with Crippen LogP contribution < -0.4 is 10.1 Å². The van der Waals surface area contributed by atoms with Gasteiger partial charge in [-0.25, -0.2) is 0 Å². The Bertz CT molecular complexity index is 374. The summed E-state index contributed by atoms with van der Waals surface area (Å²) in [4.78, 5) is 2.15. The van der Waals surface area contributed by atoms with Gasteiger partial charge < -0.3 is 20.1 Å². The van der Waals surface area contributed by atoms with Crippen LogP contribution in [-0.2, 0) is 0 Å². The van der Waals surface area contributed by atoms with Crippen molar-refractivity contribution < 1.29 is 9.84 Å². The van der Waals surface area contributed by atoms with Gasteiger partial charge in [0.1, 0.15) is 18.5 Å². The van der Waals surface area contributed by atoms with Gasteiger partial charge in [0, 0.05) is 6.54 Å². The highest BCUT2D eigenvalue weighted by molar-refractivity contribution is 5.32. The molecule has 20 heavy (non-hydrogen) atoms. The van der Waals surface area contributed by atoms with Crippen molar-refractivity contribution in [2.75, 3.05) is 40.3 Å². The molecule has 1 rings (SSSR count). The molecule has 0 radical (unpaired) electrons.